The topological polar surface area (TPSA) is 73.9 Å². The van der Waals surface area contributed by atoms with Gasteiger partial charge in [-0.3, -0.25) is 4.79 Å². The molecule has 0 heterocycles. The summed E-state index contributed by atoms with van der Waals surface area (Å²) < 4.78 is 15.7. The zero-order valence-electron chi connectivity index (χ0n) is 14.9. The fraction of sp³-hybridized carbons (Fsp3) is 0.263. The minimum atomic E-state index is -0.636. The van der Waals surface area contributed by atoms with Crippen molar-refractivity contribution >= 4 is 40.8 Å². The number of hydrogen-bond donors (Lipinski definition) is 1. The molecule has 8 heteroatoms. The minimum absolute atomic E-state index is 0.291. The Morgan fingerprint density at radius 3 is 2.59 bits per heavy atom. The molecule has 0 aliphatic rings. The second-order valence-corrected chi connectivity index (χ2v) is 6.26. The van der Waals surface area contributed by atoms with E-state index in [1.807, 2.05) is 6.92 Å². The molecule has 1 N–H and O–H groups in total. The summed E-state index contributed by atoms with van der Waals surface area (Å²) in [6.07, 6.45) is 0. The molecule has 2 aromatic rings. The van der Waals surface area contributed by atoms with Crippen molar-refractivity contribution in [3.8, 4) is 5.75 Å². The van der Waals surface area contributed by atoms with Gasteiger partial charge in [-0.05, 0) is 43.3 Å². The Kier molecular flexibility index (Phi) is 7.91. The Bertz CT molecular complexity index is 826. The molecule has 0 radical (unpaired) electrons. The van der Waals surface area contributed by atoms with Gasteiger partial charge in [-0.2, -0.15) is 0 Å². The van der Waals surface area contributed by atoms with Gasteiger partial charge >= 0.3 is 5.97 Å². The molecule has 0 saturated carbocycles. The molecule has 0 aliphatic heterocycles. The molecule has 0 unspecified atom stereocenters. The predicted octanol–water partition coefficient (Wildman–Crippen LogP) is 4.33. The summed E-state index contributed by atoms with van der Waals surface area (Å²) in [5.41, 5.74) is 1.34. The minimum Gasteiger partial charge on any atom is -0.496 e. The normalized spacial score (nSPS) is 10.4. The van der Waals surface area contributed by atoms with E-state index < -0.39 is 18.5 Å². The first-order valence-corrected chi connectivity index (χ1v) is 8.86. The first-order valence-electron chi connectivity index (χ1n) is 8.11. The van der Waals surface area contributed by atoms with E-state index in [0.29, 0.717) is 45.8 Å². The second-order valence-electron chi connectivity index (χ2n) is 5.41. The smallest absolute Gasteiger partial charge is 0.338 e. The fourth-order valence-electron chi connectivity index (χ4n) is 2.22. The summed E-state index contributed by atoms with van der Waals surface area (Å²) in [5.74, 6) is -0.563. The largest absolute Gasteiger partial charge is 0.496 e. The van der Waals surface area contributed by atoms with Crippen LogP contribution in [0.2, 0.25) is 10.0 Å². The van der Waals surface area contributed by atoms with E-state index in [1.165, 1.54) is 13.2 Å². The van der Waals surface area contributed by atoms with Crippen LogP contribution in [-0.4, -0.2) is 32.2 Å². The zero-order valence-corrected chi connectivity index (χ0v) is 16.4. The van der Waals surface area contributed by atoms with Crippen molar-refractivity contribution in [1.29, 1.82) is 0 Å². The Balaban J connectivity index is 1.98. The SMILES string of the molecule is CCOCc1cc(C(=O)OCC(=O)Nc2cc(Cl)ccc2Cl)ccc1OC. The van der Waals surface area contributed by atoms with Crippen LogP contribution in [0.5, 0.6) is 5.75 Å². The number of rotatable bonds is 8. The number of esters is 1. The standard InChI is InChI=1S/C19H19Cl2NO5/c1-3-26-10-13-8-12(4-7-17(13)25-2)19(24)27-11-18(23)22-16-9-14(20)5-6-15(16)21/h4-9H,3,10-11H2,1-2H3,(H,22,23). The summed E-state index contributed by atoms with van der Waals surface area (Å²) in [4.78, 5) is 24.2. The van der Waals surface area contributed by atoms with Gasteiger partial charge in [0, 0.05) is 17.2 Å². The lowest BCUT2D eigenvalue weighted by Gasteiger charge is -2.11. The maximum atomic E-state index is 12.2. The molecular weight excluding hydrogens is 393 g/mol. The third-order valence-corrected chi connectivity index (χ3v) is 4.08. The average Bonchev–Trinajstić information content (AvgIpc) is 2.67. The van der Waals surface area contributed by atoms with Crippen molar-refractivity contribution in [2.24, 2.45) is 0 Å². The first kappa shape index (κ1) is 21.0. The van der Waals surface area contributed by atoms with Crippen molar-refractivity contribution in [2.45, 2.75) is 13.5 Å². The zero-order chi connectivity index (χ0) is 19.8. The van der Waals surface area contributed by atoms with E-state index in [0.717, 1.165) is 0 Å². The summed E-state index contributed by atoms with van der Waals surface area (Å²) in [7, 11) is 1.54. The molecule has 0 aromatic heterocycles. The molecule has 0 saturated heterocycles. The van der Waals surface area contributed by atoms with Crippen LogP contribution in [-0.2, 0) is 20.9 Å². The molecule has 27 heavy (non-hydrogen) atoms. The number of ether oxygens (including phenoxy) is 3. The van der Waals surface area contributed by atoms with E-state index in [-0.39, 0.29) is 0 Å². The number of benzene rings is 2. The van der Waals surface area contributed by atoms with Gasteiger partial charge < -0.3 is 19.5 Å². The van der Waals surface area contributed by atoms with E-state index in [2.05, 4.69) is 5.32 Å². The maximum Gasteiger partial charge on any atom is 0.338 e. The van der Waals surface area contributed by atoms with Gasteiger partial charge in [0.2, 0.25) is 0 Å². The van der Waals surface area contributed by atoms with Gasteiger partial charge in [-0.1, -0.05) is 23.2 Å². The van der Waals surface area contributed by atoms with Crippen molar-refractivity contribution in [3.05, 3.63) is 57.6 Å². The number of halogens is 2. The Hall–Kier alpha value is -2.28. The number of carbonyl (C=O) groups is 2. The van der Waals surface area contributed by atoms with Crippen LogP contribution in [0, 0.1) is 0 Å². The quantitative estimate of drug-likeness (QED) is 0.654. The van der Waals surface area contributed by atoms with Crippen molar-refractivity contribution in [2.75, 3.05) is 25.6 Å². The van der Waals surface area contributed by atoms with Crippen LogP contribution in [0.1, 0.15) is 22.8 Å². The summed E-state index contributed by atoms with van der Waals surface area (Å²) in [6, 6.07) is 9.49. The monoisotopic (exact) mass is 411 g/mol. The van der Waals surface area contributed by atoms with Crippen molar-refractivity contribution in [3.63, 3.8) is 0 Å². The highest BCUT2D eigenvalue weighted by Crippen LogP contribution is 2.25. The number of amides is 1. The molecule has 144 valence electrons. The highest BCUT2D eigenvalue weighted by molar-refractivity contribution is 6.35. The number of nitrogens with one attached hydrogen (secondary N) is 1. The summed E-state index contributed by atoms with van der Waals surface area (Å²) >= 11 is 11.8. The highest BCUT2D eigenvalue weighted by Gasteiger charge is 2.14. The molecule has 2 rings (SSSR count). The highest BCUT2D eigenvalue weighted by atomic mass is 35.5. The summed E-state index contributed by atoms with van der Waals surface area (Å²) in [5, 5.41) is 3.29. The van der Waals surface area contributed by atoms with Crippen molar-refractivity contribution < 1.29 is 23.8 Å². The van der Waals surface area contributed by atoms with Crippen LogP contribution < -0.4 is 10.1 Å². The molecule has 0 spiro atoms. The molecule has 0 bridgehead atoms. The van der Waals surface area contributed by atoms with Crippen LogP contribution >= 0.6 is 23.2 Å². The molecule has 0 aliphatic carbocycles. The number of hydrogen-bond acceptors (Lipinski definition) is 5. The Morgan fingerprint density at radius 1 is 1.11 bits per heavy atom. The molecular formula is C19H19Cl2NO5. The number of anilines is 1. The molecule has 0 atom stereocenters. The van der Waals surface area contributed by atoms with Gasteiger partial charge in [0.1, 0.15) is 5.75 Å². The summed E-state index contributed by atoms with van der Waals surface area (Å²) in [6.45, 7) is 2.24. The van der Waals surface area contributed by atoms with E-state index in [9.17, 15) is 9.59 Å². The Morgan fingerprint density at radius 2 is 1.89 bits per heavy atom. The van der Waals surface area contributed by atoms with Crippen LogP contribution in [0.3, 0.4) is 0 Å². The van der Waals surface area contributed by atoms with Gasteiger partial charge in [-0.25, -0.2) is 4.79 Å². The van der Waals surface area contributed by atoms with Gasteiger partial charge in [-0.15, -0.1) is 0 Å². The molecule has 1 amide bonds. The van der Waals surface area contributed by atoms with E-state index in [1.54, 1.807) is 30.3 Å². The Labute approximate surface area is 167 Å². The average molecular weight is 412 g/mol. The van der Waals surface area contributed by atoms with E-state index >= 15 is 0 Å². The number of methoxy groups -OCH3 is 1. The van der Waals surface area contributed by atoms with Gasteiger partial charge in [0.05, 0.1) is 30.0 Å². The van der Waals surface area contributed by atoms with Crippen LogP contribution in [0.15, 0.2) is 36.4 Å². The van der Waals surface area contributed by atoms with E-state index in [4.69, 9.17) is 37.4 Å². The molecule has 2 aromatic carbocycles. The lowest BCUT2D eigenvalue weighted by molar-refractivity contribution is -0.119. The molecule has 0 fully saturated rings. The first-order chi connectivity index (χ1) is 12.9. The van der Waals surface area contributed by atoms with Crippen LogP contribution in [0.4, 0.5) is 5.69 Å². The second kappa shape index (κ2) is 10.2. The maximum absolute atomic E-state index is 12.2. The third-order valence-electron chi connectivity index (χ3n) is 3.51. The van der Waals surface area contributed by atoms with Gasteiger partial charge in [0.15, 0.2) is 6.61 Å². The van der Waals surface area contributed by atoms with Crippen LogP contribution in [0.25, 0.3) is 0 Å². The number of carbonyl (C=O) groups excluding carboxylic acids is 2. The fourth-order valence-corrected chi connectivity index (χ4v) is 2.56. The predicted molar refractivity (Wildman–Crippen MR) is 104 cm³/mol. The van der Waals surface area contributed by atoms with Crippen molar-refractivity contribution in [1.82, 2.24) is 0 Å². The molecule has 6 nitrogen and oxygen atoms in total. The van der Waals surface area contributed by atoms with Gasteiger partial charge in [0.25, 0.3) is 5.91 Å². The lowest BCUT2D eigenvalue weighted by atomic mass is 10.1. The lowest BCUT2D eigenvalue weighted by Crippen LogP contribution is -2.21. The third kappa shape index (κ3) is 6.13.